The van der Waals surface area contributed by atoms with Gasteiger partial charge in [-0.15, -0.1) is 0 Å². The molecule has 2 aromatic heterocycles. The first kappa shape index (κ1) is 28.1. The predicted molar refractivity (Wildman–Crippen MR) is 127 cm³/mol. The predicted octanol–water partition coefficient (Wildman–Crippen LogP) is 4.49. The largest absolute Gasteiger partial charge is 0.458 e. The van der Waals surface area contributed by atoms with Gasteiger partial charge in [-0.2, -0.15) is 27.1 Å². The molecule has 1 aliphatic rings. The van der Waals surface area contributed by atoms with Crippen molar-refractivity contribution in [2.45, 2.75) is 51.1 Å². The highest BCUT2D eigenvalue weighted by molar-refractivity contribution is 6.40. The van der Waals surface area contributed by atoms with Crippen molar-refractivity contribution in [2.75, 3.05) is 24.2 Å². The maximum Gasteiger partial charge on any atom is 0.458 e. The number of rotatable bonds is 6. The van der Waals surface area contributed by atoms with Crippen LogP contribution < -0.4 is 11.1 Å². The minimum absolute atomic E-state index is 0.0620. The van der Waals surface area contributed by atoms with Crippen molar-refractivity contribution in [1.82, 2.24) is 19.7 Å². The molecule has 9 nitrogen and oxygen atoms in total. The second kappa shape index (κ2) is 10.7. The molecule has 0 radical (unpaired) electrons. The Morgan fingerprint density at radius 3 is 2.56 bits per heavy atom. The normalized spacial score (nSPS) is 16.3. The molecule has 1 aromatic carbocycles. The van der Waals surface area contributed by atoms with E-state index in [2.05, 4.69) is 15.4 Å². The number of nitrogens with two attached hydrogens (primary N) is 1. The summed E-state index contributed by atoms with van der Waals surface area (Å²) in [6.07, 6.45) is -1.19. The van der Waals surface area contributed by atoms with Crippen molar-refractivity contribution in [3.8, 4) is 0 Å². The van der Waals surface area contributed by atoms with Gasteiger partial charge in [-0.1, -0.05) is 12.1 Å². The summed E-state index contributed by atoms with van der Waals surface area (Å²) >= 11 is 0. The summed E-state index contributed by atoms with van der Waals surface area (Å²) in [5.74, 6) is -8.74. The van der Waals surface area contributed by atoms with Crippen LogP contribution in [0.1, 0.15) is 43.5 Å². The lowest BCUT2D eigenvalue weighted by Crippen LogP contribution is -2.39. The van der Waals surface area contributed by atoms with Gasteiger partial charge in [0.2, 0.25) is 0 Å². The first-order chi connectivity index (χ1) is 18.3. The lowest BCUT2D eigenvalue weighted by molar-refractivity contribution is -0.289. The number of amides is 2. The van der Waals surface area contributed by atoms with E-state index in [1.807, 2.05) is 0 Å². The molecule has 3 N–H and O–H groups in total. The second-order valence-corrected chi connectivity index (χ2v) is 8.88. The number of nitrogen functional groups attached to an aromatic ring is 1. The van der Waals surface area contributed by atoms with Crippen LogP contribution in [0.15, 0.2) is 30.6 Å². The molecule has 0 bridgehead atoms. The van der Waals surface area contributed by atoms with Gasteiger partial charge < -0.3 is 20.7 Å². The number of fused-ring (bicyclic) bond motifs is 1. The summed E-state index contributed by atoms with van der Waals surface area (Å²) in [6, 6.07) is 1.20. The summed E-state index contributed by atoms with van der Waals surface area (Å²) in [5, 5.41) is 7.18. The van der Waals surface area contributed by atoms with Crippen molar-refractivity contribution in [1.29, 1.82) is 0 Å². The quantitative estimate of drug-likeness (QED) is 0.340. The number of carbonyl (C=O) groups excluding carboxylic acids is 2. The summed E-state index contributed by atoms with van der Waals surface area (Å²) in [6.45, 7) is 1.34. The monoisotopic (exact) mass is 558 g/mol. The van der Waals surface area contributed by atoms with E-state index in [0.717, 1.165) is 17.7 Å². The van der Waals surface area contributed by atoms with Crippen molar-refractivity contribution in [3.05, 3.63) is 47.5 Å². The van der Waals surface area contributed by atoms with Crippen molar-refractivity contribution in [3.63, 3.8) is 0 Å². The molecule has 39 heavy (non-hydrogen) atoms. The van der Waals surface area contributed by atoms with Gasteiger partial charge in [0.05, 0.1) is 23.5 Å². The number of anilines is 2. The molecule has 0 saturated carbocycles. The molecule has 1 saturated heterocycles. The molecule has 15 heteroatoms. The molecule has 1 aliphatic heterocycles. The van der Waals surface area contributed by atoms with Gasteiger partial charge in [-0.05, 0) is 32.3 Å². The molecule has 0 spiro atoms. The van der Waals surface area contributed by atoms with Crippen LogP contribution in [-0.4, -0.2) is 50.8 Å². The number of carbonyl (C=O) groups is 2. The first-order valence-corrected chi connectivity index (χ1v) is 11.9. The highest BCUT2D eigenvalue weighted by Crippen LogP contribution is 2.44. The van der Waals surface area contributed by atoms with Gasteiger partial charge in [0, 0.05) is 30.8 Å². The zero-order chi connectivity index (χ0) is 28.5. The summed E-state index contributed by atoms with van der Waals surface area (Å²) in [7, 11) is 0. The van der Waals surface area contributed by atoms with Gasteiger partial charge in [-0.3, -0.25) is 9.59 Å². The van der Waals surface area contributed by atoms with Gasteiger partial charge in [0.25, 0.3) is 0 Å². The third kappa shape index (κ3) is 5.48. The van der Waals surface area contributed by atoms with E-state index in [-0.39, 0.29) is 29.7 Å². The highest BCUT2D eigenvalue weighted by Gasteiger charge is 2.58. The number of nitrogens with zero attached hydrogens (tertiary/aromatic N) is 4. The van der Waals surface area contributed by atoms with Gasteiger partial charge in [-0.25, -0.2) is 14.1 Å². The van der Waals surface area contributed by atoms with Crippen LogP contribution in [0.2, 0.25) is 0 Å². The Kier molecular flexibility index (Phi) is 7.73. The zero-order valence-electron chi connectivity index (χ0n) is 20.6. The molecular formula is C24H24F6N6O3. The lowest BCUT2D eigenvalue weighted by Gasteiger charge is -2.24. The highest BCUT2D eigenvalue weighted by atomic mass is 19.4. The number of nitrogens with one attached hydrogen (secondary N) is 1. The zero-order valence-corrected chi connectivity index (χ0v) is 20.6. The Labute approximate surface area is 217 Å². The van der Waals surface area contributed by atoms with Crippen LogP contribution in [0.25, 0.3) is 10.9 Å². The van der Waals surface area contributed by atoms with Crippen LogP contribution in [0.5, 0.6) is 0 Å². The second-order valence-electron chi connectivity index (χ2n) is 8.88. The standard InChI is InChI=1S/C24H24F6N6O3/c1-2-35(12-13-6-7-14(9-16(13)25)23(26,27)24(28,29)30)22(38)21(37)34-17-11-32-20(31)15-10-33-36(19(15)17)18-5-3-4-8-39-18/h6-7,9-11,18H,2-5,8,12H2,1H3,(H2,31,32)(H,34,37). The Bertz CT molecular complexity index is 1390. The molecule has 1 atom stereocenters. The molecular weight excluding hydrogens is 534 g/mol. The molecule has 3 aromatic rings. The van der Waals surface area contributed by atoms with E-state index in [0.29, 0.717) is 36.1 Å². The van der Waals surface area contributed by atoms with Gasteiger partial charge in [0.1, 0.15) is 17.2 Å². The van der Waals surface area contributed by atoms with Crippen LogP contribution >= 0.6 is 0 Å². The number of hydrogen-bond acceptors (Lipinski definition) is 6. The van der Waals surface area contributed by atoms with E-state index in [1.54, 1.807) is 0 Å². The third-order valence-electron chi connectivity index (χ3n) is 6.33. The van der Waals surface area contributed by atoms with Crippen LogP contribution in [0.3, 0.4) is 0 Å². The maximum absolute atomic E-state index is 14.5. The van der Waals surface area contributed by atoms with Crippen LogP contribution in [0.4, 0.5) is 37.8 Å². The lowest BCUT2D eigenvalue weighted by atomic mass is 10.0. The number of halogens is 6. The van der Waals surface area contributed by atoms with Gasteiger partial charge in [0.15, 0.2) is 6.23 Å². The first-order valence-electron chi connectivity index (χ1n) is 11.9. The number of pyridine rings is 1. The number of hydrogen-bond donors (Lipinski definition) is 2. The van der Waals surface area contributed by atoms with Crippen LogP contribution in [-0.2, 0) is 26.8 Å². The minimum atomic E-state index is -5.91. The summed E-state index contributed by atoms with van der Waals surface area (Å²) in [5.41, 5.74) is 4.51. The van der Waals surface area contributed by atoms with Crippen molar-refractivity contribution < 1.29 is 40.7 Å². The Morgan fingerprint density at radius 1 is 1.21 bits per heavy atom. The molecule has 1 fully saturated rings. The average molecular weight is 558 g/mol. The molecule has 210 valence electrons. The number of ether oxygens (including phenoxy) is 1. The number of benzene rings is 1. The Balaban J connectivity index is 1.54. The number of likely N-dealkylation sites (N-methyl/N-ethyl adjacent to an activating group) is 1. The molecule has 4 rings (SSSR count). The average Bonchev–Trinajstić information content (AvgIpc) is 3.35. The SMILES string of the molecule is CCN(Cc1ccc(C(F)(F)C(F)(F)F)cc1F)C(=O)C(=O)Nc1cnc(N)c2cnn(C3CCCCO3)c12. The maximum atomic E-state index is 14.5. The fourth-order valence-electron chi connectivity index (χ4n) is 4.20. The van der Waals surface area contributed by atoms with E-state index in [1.165, 1.54) is 24.0 Å². The van der Waals surface area contributed by atoms with E-state index >= 15 is 0 Å². The van der Waals surface area contributed by atoms with Crippen LogP contribution in [0, 0.1) is 5.82 Å². The summed E-state index contributed by atoms with van der Waals surface area (Å²) < 4.78 is 86.8. The fourth-order valence-corrected chi connectivity index (χ4v) is 4.20. The molecule has 1 unspecified atom stereocenters. The minimum Gasteiger partial charge on any atom is -0.383 e. The molecule has 2 amide bonds. The van der Waals surface area contributed by atoms with Gasteiger partial charge >= 0.3 is 23.9 Å². The van der Waals surface area contributed by atoms with Crippen molar-refractivity contribution in [2.24, 2.45) is 0 Å². The molecule has 0 aliphatic carbocycles. The fraction of sp³-hybridized carbons (Fsp3) is 0.417. The number of alkyl halides is 5. The molecule has 3 heterocycles. The smallest absolute Gasteiger partial charge is 0.383 e. The Hall–Kier alpha value is -3.88. The van der Waals surface area contributed by atoms with E-state index < -0.39 is 48.1 Å². The topological polar surface area (TPSA) is 115 Å². The Morgan fingerprint density at radius 2 is 1.95 bits per heavy atom. The van der Waals surface area contributed by atoms with E-state index in [9.17, 15) is 35.9 Å². The number of aromatic nitrogens is 3. The summed E-state index contributed by atoms with van der Waals surface area (Å²) in [4.78, 5) is 30.7. The van der Waals surface area contributed by atoms with Crippen molar-refractivity contribution >= 4 is 34.2 Å². The van der Waals surface area contributed by atoms with E-state index in [4.69, 9.17) is 10.5 Å². The third-order valence-corrected chi connectivity index (χ3v) is 6.33.